The number of nitrogens with zero attached hydrogens (tertiary/aromatic N) is 1. The molecule has 98 valence electrons. The summed E-state index contributed by atoms with van der Waals surface area (Å²) < 4.78 is 1.84. The maximum absolute atomic E-state index is 12.4. The van der Waals surface area contributed by atoms with Crippen LogP contribution in [0.1, 0.15) is 16.1 Å². The fraction of sp³-hybridized carbons (Fsp3) is 0.0556. The van der Waals surface area contributed by atoms with E-state index in [2.05, 4.69) is 12.1 Å². The number of carbonyl (C=O) groups excluding carboxylic acids is 1. The maximum atomic E-state index is 12.4. The van der Waals surface area contributed by atoms with E-state index in [1.165, 1.54) is 0 Å². The van der Waals surface area contributed by atoms with Crippen LogP contribution < -0.4 is 0 Å². The molecule has 1 heterocycles. The van der Waals surface area contributed by atoms with E-state index in [-0.39, 0.29) is 5.78 Å². The summed E-state index contributed by atoms with van der Waals surface area (Å²) >= 11 is 0. The number of hydrogen-bond acceptors (Lipinski definition) is 1. The standard InChI is InChI=1S/C18H15NO/c1-19-13-5-8-17(19)18(20)16-11-9-15(10-12-16)14-6-3-2-4-7-14/h2-13H,1H3. The van der Waals surface area contributed by atoms with Gasteiger partial charge in [-0.15, -0.1) is 0 Å². The zero-order chi connectivity index (χ0) is 13.9. The number of ketones is 1. The minimum atomic E-state index is 0.0529. The van der Waals surface area contributed by atoms with Gasteiger partial charge in [-0.3, -0.25) is 4.79 Å². The molecule has 2 nitrogen and oxygen atoms in total. The third-order valence-electron chi connectivity index (χ3n) is 3.43. The van der Waals surface area contributed by atoms with Gasteiger partial charge in [0.2, 0.25) is 5.78 Å². The minimum absolute atomic E-state index is 0.0529. The van der Waals surface area contributed by atoms with E-state index in [4.69, 9.17) is 0 Å². The molecule has 2 aromatic carbocycles. The Morgan fingerprint density at radius 3 is 2.05 bits per heavy atom. The first-order valence-corrected chi connectivity index (χ1v) is 6.57. The third kappa shape index (κ3) is 2.28. The van der Waals surface area contributed by atoms with Gasteiger partial charge >= 0.3 is 0 Å². The van der Waals surface area contributed by atoms with Crippen LogP contribution in [-0.4, -0.2) is 10.4 Å². The van der Waals surface area contributed by atoms with E-state index < -0.39 is 0 Å². The number of carbonyl (C=O) groups is 1. The fourth-order valence-electron chi connectivity index (χ4n) is 2.29. The Morgan fingerprint density at radius 2 is 1.45 bits per heavy atom. The van der Waals surface area contributed by atoms with Crippen molar-refractivity contribution in [2.45, 2.75) is 0 Å². The molecule has 0 bridgehead atoms. The smallest absolute Gasteiger partial charge is 0.209 e. The highest BCUT2D eigenvalue weighted by molar-refractivity contribution is 6.08. The lowest BCUT2D eigenvalue weighted by Gasteiger charge is -2.05. The van der Waals surface area contributed by atoms with Crippen molar-refractivity contribution < 1.29 is 4.79 Å². The van der Waals surface area contributed by atoms with E-state index in [0.29, 0.717) is 11.3 Å². The van der Waals surface area contributed by atoms with E-state index >= 15 is 0 Å². The Labute approximate surface area is 118 Å². The number of aromatic nitrogens is 1. The lowest BCUT2D eigenvalue weighted by atomic mass is 10.0. The highest BCUT2D eigenvalue weighted by atomic mass is 16.1. The van der Waals surface area contributed by atoms with E-state index in [9.17, 15) is 4.79 Å². The van der Waals surface area contributed by atoms with Gasteiger partial charge in [-0.25, -0.2) is 0 Å². The Morgan fingerprint density at radius 1 is 0.800 bits per heavy atom. The highest BCUT2D eigenvalue weighted by Gasteiger charge is 2.11. The molecular formula is C18H15NO. The lowest BCUT2D eigenvalue weighted by Crippen LogP contribution is -2.06. The first-order valence-electron chi connectivity index (χ1n) is 6.57. The van der Waals surface area contributed by atoms with Gasteiger partial charge in [-0.1, -0.05) is 54.6 Å². The van der Waals surface area contributed by atoms with Crippen molar-refractivity contribution in [2.24, 2.45) is 7.05 Å². The molecule has 3 rings (SSSR count). The molecule has 0 saturated heterocycles. The summed E-state index contributed by atoms with van der Waals surface area (Å²) in [6.07, 6.45) is 1.88. The molecule has 2 heteroatoms. The molecule has 0 atom stereocenters. The molecule has 0 saturated carbocycles. The second-order valence-electron chi connectivity index (χ2n) is 4.78. The van der Waals surface area contributed by atoms with Crippen LogP contribution in [0.25, 0.3) is 11.1 Å². The second-order valence-corrected chi connectivity index (χ2v) is 4.78. The summed E-state index contributed by atoms with van der Waals surface area (Å²) in [7, 11) is 1.88. The summed E-state index contributed by atoms with van der Waals surface area (Å²) in [4.78, 5) is 12.4. The molecule has 0 amide bonds. The molecule has 0 aliphatic heterocycles. The number of aryl methyl sites for hydroxylation is 1. The molecule has 0 aliphatic carbocycles. The van der Waals surface area contributed by atoms with Gasteiger partial charge < -0.3 is 4.57 Å². The van der Waals surface area contributed by atoms with Gasteiger partial charge in [-0.2, -0.15) is 0 Å². The molecule has 1 aromatic heterocycles. The first kappa shape index (κ1) is 12.4. The van der Waals surface area contributed by atoms with Gasteiger partial charge in [0.25, 0.3) is 0 Å². The molecular weight excluding hydrogens is 246 g/mol. The van der Waals surface area contributed by atoms with Crippen molar-refractivity contribution in [2.75, 3.05) is 0 Å². The van der Waals surface area contributed by atoms with Gasteiger partial charge in [0.05, 0.1) is 5.69 Å². The predicted octanol–water partition coefficient (Wildman–Crippen LogP) is 3.92. The van der Waals surface area contributed by atoms with Crippen LogP contribution in [-0.2, 0) is 7.05 Å². The summed E-state index contributed by atoms with van der Waals surface area (Å²) in [5, 5.41) is 0. The van der Waals surface area contributed by atoms with Crippen molar-refractivity contribution >= 4 is 5.78 Å². The Hall–Kier alpha value is -2.61. The van der Waals surface area contributed by atoms with Crippen LogP contribution in [0.2, 0.25) is 0 Å². The monoisotopic (exact) mass is 261 g/mol. The first-order chi connectivity index (χ1) is 9.75. The Bertz CT molecular complexity index is 724. The van der Waals surface area contributed by atoms with E-state index in [0.717, 1.165) is 11.1 Å². The molecule has 0 unspecified atom stereocenters. The molecule has 0 spiro atoms. The Kier molecular flexibility index (Phi) is 3.21. The van der Waals surface area contributed by atoms with Crippen LogP contribution in [0.3, 0.4) is 0 Å². The molecule has 3 aromatic rings. The molecule has 20 heavy (non-hydrogen) atoms. The second kappa shape index (κ2) is 5.17. The summed E-state index contributed by atoms with van der Waals surface area (Å²) in [6.45, 7) is 0. The Balaban J connectivity index is 1.91. The minimum Gasteiger partial charge on any atom is -0.348 e. The van der Waals surface area contributed by atoms with E-state index in [1.54, 1.807) is 0 Å². The maximum Gasteiger partial charge on any atom is 0.209 e. The van der Waals surface area contributed by atoms with Crippen molar-refractivity contribution in [1.29, 1.82) is 0 Å². The van der Waals surface area contributed by atoms with Gasteiger partial charge in [0.1, 0.15) is 0 Å². The summed E-state index contributed by atoms with van der Waals surface area (Å²) in [6, 6.07) is 21.6. The SMILES string of the molecule is Cn1cccc1C(=O)c1ccc(-c2ccccc2)cc1. The van der Waals surface area contributed by atoms with E-state index in [1.807, 2.05) is 72.4 Å². The van der Waals surface area contributed by atoms with Crippen LogP contribution in [0.4, 0.5) is 0 Å². The zero-order valence-electron chi connectivity index (χ0n) is 11.3. The summed E-state index contributed by atoms with van der Waals surface area (Å²) in [5.41, 5.74) is 3.70. The highest BCUT2D eigenvalue weighted by Crippen LogP contribution is 2.20. The van der Waals surface area contributed by atoms with Gasteiger partial charge in [0.15, 0.2) is 0 Å². The van der Waals surface area contributed by atoms with Crippen molar-refractivity contribution in [3.8, 4) is 11.1 Å². The topological polar surface area (TPSA) is 22.0 Å². The van der Waals surface area contributed by atoms with Crippen molar-refractivity contribution in [1.82, 2.24) is 4.57 Å². The molecule has 0 aliphatic rings. The average molecular weight is 261 g/mol. The number of benzene rings is 2. The van der Waals surface area contributed by atoms with Crippen LogP contribution >= 0.6 is 0 Å². The van der Waals surface area contributed by atoms with Crippen LogP contribution in [0.15, 0.2) is 72.9 Å². The largest absolute Gasteiger partial charge is 0.348 e. The third-order valence-corrected chi connectivity index (χ3v) is 3.43. The predicted molar refractivity (Wildman–Crippen MR) is 80.7 cm³/mol. The number of hydrogen-bond donors (Lipinski definition) is 0. The normalized spacial score (nSPS) is 10.4. The molecule has 0 N–H and O–H groups in total. The van der Waals surface area contributed by atoms with Crippen LogP contribution in [0.5, 0.6) is 0 Å². The molecule has 0 radical (unpaired) electrons. The van der Waals surface area contributed by atoms with Gasteiger partial charge in [0, 0.05) is 18.8 Å². The lowest BCUT2D eigenvalue weighted by molar-refractivity contribution is 0.103. The quantitative estimate of drug-likeness (QED) is 0.655. The average Bonchev–Trinajstić information content (AvgIpc) is 2.94. The summed E-state index contributed by atoms with van der Waals surface area (Å²) in [5.74, 6) is 0.0529. The van der Waals surface area contributed by atoms with Gasteiger partial charge in [-0.05, 0) is 23.3 Å². The zero-order valence-corrected chi connectivity index (χ0v) is 11.3. The molecule has 0 fully saturated rings. The fourth-order valence-corrected chi connectivity index (χ4v) is 2.29. The van der Waals surface area contributed by atoms with Crippen molar-refractivity contribution in [3.05, 3.63) is 84.2 Å². The number of rotatable bonds is 3. The van der Waals surface area contributed by atoms with Crippen LogP contribution in [0, 0.1) is 0 Å². The van der Waals surface area contributed by atoms with Crippen molar-refractivity contribution in [3.63, 3.8) is 0 Å².